The third-order valence-corrected chi connectivity index (χ3v) is 3.01. The minimum absolute atomic E-state index is 0.232. The van der Waals surface area contributed by atoms with E-state index >= 15 is 0 Å². The van der Waals surface area contributed by atoms with Crippen molar-refractivity contribution in [2.75, 3.05) is 43.9 Å². The molecule has 17 heavy (non-hydrogen) atoms. The molecular weight excluding hydrogens is 240 g/mol. The van der Waals surface area contributed by atoms with E-state index in [9.17, 15) is 0 Å². The summed E-state index contributed by atoms with van der Waals surface area (Å²) in [7, 11) is 2.09. The van der Waals surface area contributed by atoms with Crippen LogP contribution in [0.1, 0.15) is 0 Å². The predicted octanol–water partition coefficient (Wildman–Crippen LogP) is -1.79. The van der Waals surface area contributed by atoms with E-state index in [1.165, 1.54) is 4.68 Å². The number of hydrogen-bond acceptors (Lipinski definition) is 7. The Morgan fingerprint density at radius 2 is 2.00 bits per heavy atom. The molecule has 0 bridgehead atoms. The zero-order chi connectivity index (χ0) is 12.4. The molecule has 1 aromatic heterocycles. The fraction of sp³-hybridized carbons (Fsp3) is 0.625. The lowest BCUT2D eigenvalue weighted by Gasteiger charge is -2.31. The van der Waals surface area contributed by atoms with Crippen molar-refractivity contribution in [2.45, 2.75) is 0 Å². The monoisotopic (exact) mass is 256 g/mol. The quantitative estimate of drug-likeness (QED) is 0.308. The molecule has 0 spiro atoms. The molecule has 1 aliphatic rings. The smallest absolute Gasteiger partial charge is 0.247 e. The number of piperazine rings is 1. The lowest BCUT2D eigenvalue weighted by Crippen LogP contribution is -2.45. The topological polar surface area (TPSA) is 101 Å². The summed E-state index contributed by atoms with van der Waals surface area (Å²) in [6.45, 7) is 3.72. The fourth-order valence-electron chi connectivity index (χ4n) is 1.66. The highest BCUT2D eigenvalue weighted by atomic mass is 32.1. The van der Waals surface area contributed by atoms with E-state index in [1.807, 2.05) is 0 Å². The Balaban J connectivity index is 2.14. The third kappa shape index (κ3) is 2.46. The standard InChI is InChI=1S/C8H16N8S/c1-14-2-4-15(5-3-14)7-11-6(9)16(13-7)8(17)12-10/h2-5,10H2,1H3,(H,12,17)(H2,9,11,13). The molecule has 1 aromatic rings. The summed E-state index contributed by atoms with van der Waals surface area (Å²) in [5, 5.41) is 4.47. The molecule has 0 radical (unpaired) electrons. The maximum absolute atomic E-state index is 5.72. The average molecular weight is 256 g/mol. The summed E-state index contributed by atoms with van der Waals surface area (Å²) in [4.78, 5) is 8.51. The molecule has 5 N–H and O–H groups in total. The van der Waals surface area contributed by atoms with Gasteiger partial charge in [0, 0.05) is 26.2 Å². The van der Waals surface area contributed by atoms with Crippen LogP contribution < -0.4 is 21.9 Å². The number of hydrogen-bond donors (Lipinski definition) is 3. The highest BCUT2D eigenvalue weighted by Crippen LogP contribution is 2.12. The van der Waals surface area contributed by atoms with Gasteiger partial charge in [-0.3, -0.25) is 5.43 Å². The summed E-state index contributed by atoms with van der Waals surface area (Å²) in [5.74, 6) is 6.05. The minimum Gasteiger partial charge on any atom is -0.368 e. The Hall–Kier alpha value is -1.45. The first-order chi connectivity index (χ1) is 8.11. The van der Waals surface area contributed by atoms with Crippen LogP contribution in [0, 0.1) is 0 Å². The van der Waals surface area contributed by atoms with Gasteiger partial charge >= 0.3 is 0 Å². The van der Waals surface area contributed by atoms with Gasteiger partial charge in [-0.2, -0.15) is 9.67 Å². The van der Waals surface area contributed by atoms with Crippen molar-refractivity contribution in [2.24, 2.45) is 5.84 Å². The second-order valence-corrected chi connectivity index (χ2v) is 4.31. The Labute approximate surface area is 105 Å². The molecule has 0 atom stereocenters. The summed E-state index contributed by atoms with van der Waals surface area (Å²) in [6.07, 6.45) is 0. The first-order valence-electron chi connectivity index (χ1n) is 5.29. The van der Waals surface area contributed by atoms with E-state index in [4.69, 9.17) is 23.8 Å². The highest BCUT2D eigenvalue weighted by Gasteiger charge is 2.19. The number of nitrogens with zero attached hydrogens (tertiary/aromatic N) is 5. The molecule has 2 heterocycles. The van der Waals surface area contributed by atoms with Gasteiger partial charge in [-0.25, -0.2) is 5.84 Å². The van der Waals surface area contributed by atoms with Crippen LogP contribution in [0.4, 0.5) is 11.9 Å². The second-order valence-electron chi connectivity index (χ2n) is 3.92. The molecule has 0 saturated carbocycles. The van der Waals surface area contributed by atoms with Gasteiger partial charge in [-0.1, -0.05) is 0 Å². The largest absolute Gasteiger partial charge is 0.368 e. The number of nitrogens with one attached hydrogen (secondary N) is 1. The third-order valence-electron chi connectivity index (χ3n) is 2.72. The predicted molar refractivity (Wildman–Crippen MR) is 69.5 cm³/mol. The van der Waals surface area contributed by atoms with Crippen LogP contribution in [-0.2, 0) is 0 Å². The van der Waals surface area contributed by atoms with E-state index in [1.54, 1.807) is 0 Å². The Kier molecular flexibility index (Phi) is 3.41. The number of thiocarbonyl (C=S) groups is 1. The van der Waals surface area contributed by atoms with Crippen LogP contribution in [0.2, 0.25) is 0 Å². The number of hydrazine groups is 1. The van der Waals surface area contributed by atoms with Crippen LogP contribution >= 0.6 is 12.2 Å². The second kappa shape index (κ2) is 4.82. The number of nitrogens with two attached hydrogens (primary N) is 2. The van der Waals surface area contributed by atoms with Crippen LogP contribution in [0.15, 0.2) is 0 Å². The van der Waals surface area contributed by atoms with Crippen molar-refractivity contribution in [3.05, 3.63) is 0 Å². The van der Waals surface area contributed by atoms with Gasteiger partial charge in [0.15, 0.2) is 0 Å². The maximum Gasteiger partial charge on any atom is 0.247 e. The average Bonchev–Trinajstić information content (AvgIpc) is 2.71. The summed E-state index contributed by atoms with van der Waals surface area (Å²) in [6, 6.07) is 0. The first-order valence-corrected chi connectivity index (χ1v) is 5.69. The number of nitrogen functional groups attached to an aromatic ring is 1. The minimum atomic E-state index is 0.232. The molecule has 0 unspecified atom stereocenters. The molecule has 2 rings (SSSR count). The zero-order valence-corrected chi connectivity index (χ0v) is 10.4. The van der Waals surface area contributed by atoms with Crippen LogP contribution in [0.3, 0.4) is 0 Å². The molecule has 1 fully saturated rings. The molecule has 8 nitrogen and oxygen atoms in total. The van der Waals surface area contributed by atoms with Crippen molar-refractivity contribution in [1.29, 1.82) is 0 Å². The molecule has 0 aliphatic carbocycles. The van der Waals surface area contributed by atoms with Gasteiger partial charge in [0.1, 0.15) is 0 Å². The lowest BCUT2D eigenvalue weighted by atomic mass is 10.3. The van der Waals surface area contributed by atoms with Crippen molar-refractivity contribution >= 4 is 29.2 Å². The van der Waals surface area contributed by atoms with Gasteiger partial charge in [0.25, 0.3) is 0 Å². The first kappa shape index (κ1) is 12.0. The van der Waals surface area contributed by atoms with Crippen molar-refractivity contribution in [3.8, 4) is 0 Å². The molecule has 0 amide bonds. The van der Waals surface area contributed by atoms with Crippen LogP contribution in [0.25, 0.3) is 0 Å². The van der Waals surface area contributed by atoms with Crippen molar-refractivity contribution in [1.82, 2.24) is 25.1 Å². The number of likely N-dealkylation sites (N-methyl/N-ethyl adjacent to an activating group) is 1. The van der Waals surface area contributed by atoms with Crippen LogP contribution in [-0.4, -0.2) is 58.0 Å². The fourth-order valence-corrected chi connectivity index (χ4v) is 1.80. The Morgan fingerprint density at radius 1 is 1.35 bits per heavy atom. The van der Waals surface area contributed by atoms with Crippen molar-refractivity contribution in [3.63, 3.8) is 0 Å². The number of rotatable bonds is 1. The van der Waals surface area contributed by atoms with Gasteiger partial charge in [-0.05, 0) is 19.3 Å². The molecule has 94 valence electrons. The van der Waals surface area contributed by atoms with Crippen molar-refractivity contribution < 1.29 is 0 Å². The van der Waals surface area contributed by atoms with E-state index in [2.05, 4.69) is 32.4 Å². The van der Waals surface area contributed by atoms with Gasteiger partial charge in [0.05, 0.1) is 0 Å². The summed E-state index contributed by atoms with van der Waals surface area (Å²) >= 11 is 4.96. The zero-order valence-electron chi connectivity index (χ0n) is 9.63. The van der Waals surface area contributed by atoms with E-state index < -0.39 is 0 Å². The molecule has 9 heteroatoms. The number of aromatic nitrogens is 3. The van der Waals surface area contributed by atoms with Gasteiger partial charge in [-0.15, -0.1) is 5.10 Å². The summed E-state index contributed by atoms with van der Waals surface area (Å²) in [5.41, 5.74) is 8.05. The normalized spacial score (nSPS) is 17.2. The molecule has 0 aromatic carbocycles. The van der Waals surface area contributed by atoms with Crippen LogP contribution in [0.5, 0.6) is 0 Å². The van der Waals surface area contributed by atoms with Gasteiger partial charge < -0.3 is 15.5 Å². The molecule has 1 aliphatic heterocycles. The number of anilines is 2. The van der Waals surface area contributed by atoms with E-state index in [0.717, 1.165) is 26.2 Å². The van der Waals surface area contributed by atoms with E-state index in [0.29, 0.717) is 5.95 Å². The highest BCUT2D eigenvalue weighted by molar-refractivity contribution is 7.80. The maximum atomic E-state index is 5.72. The lowest BCUT2D eigenvalue weighted by molar-refractivity contribution is 0.311. The molecular formula is C8H16N8S. The SMILES string of the molecule is CN1CCN(c2nc(N)n(C(=S)NN)n2)CC1. The molecule has 1 saturated heterocycles. The summed E-state index contributed by atoms with van der Waals surface area (Å²) < 4.78 is 1.32. The van der Waals surface area contributed by atoms with Gasteiger partial charge in [0.2, 0.25) is 17.0 Å². The van der Waals surface area contributed by atoms with E-state index in [-0.39, 0.29) is 11.1 Å². The Morgan fingerprint density at radius 3 is 2.59 bits per heavy atom. The Bertz CT molecular complexity index is 408.